The highest BCUT2D eigenvalue weighted by Crippen LogP contribution is 2.10. The van der Waals surface area contributed by atoms with Crippen molar-refractivity contribution in [3.63, 3.8) is 0 Å². The minimum absolute atomic E-state index is 0.612. The smallest absolute Gasteiger partial charge is 0.0472 e. The maximum Gasteiger partial charge on any atom is 0.0472 e. The van der Waals surface area contributed by atoms with Crippen LogP contribution < -0.4 is 5.73 Å². The zero-order valence-corrected chi connectivity index (χ0v) is 8.98. The van der Waals surface area contributed by atoms with Gasteiger partial charge in [0.05, 0.1) is 0 Å². The fraction of sp³-hybridized carbons (Fsp3) is 0.231. The Bertz CT molecular complexity index is 443. The van der Waals surface area contributed by atoms with Gasteiger partial charge in [-0.05, 0) is 29.7 Å². The van der Waals surface area contributed by atoms with Gasteiger partial charge in [-0.25, -0.2) is 0 Å². The minimum Gasteiger partial charge on any atom is -0.350 e. The second kappa shape index (κ2) is 4.32. The lowest BCUT2D eigenvalue weighted by atomic mass is 10.1. The molecule has 2 aromatic rings. The molecule has 15 heavy (non-hydrogen) atoms. The highest BCUT2D eigenvalue weighted by Gasteiger charge is 1.99. The van der Waals surface area contributed by atoms with Gasteiger partial charge in [0.2, 0.25) is 0 Å². The molecule has 78 valence electrons. The zero-order valence-electron chi connectivity index (χ0n) is 8.98. The SMILES string of the molecule is Cc1ccccc1Cn1ccc(CN)c1. The van der Waals surface area contributed by atoms with Gasteiger partial charge in [0.25, 0.3) is 0 Å². The largest absolute Gasteiger partial charge is 0.350 e. The van der Waals surface area contributed by atoms with Gasteiger partial charge in [0.1, 0.15) is 0 Å². The Morgan fingerprint density at radius 2 is 2.00 bits per heavy atom. The first-order chi connectivity index (χ1) is 7.29. The lowest BCUT2D eigenvalue weighted by Crippen LogP contribution is -1.99. The number of aryl methyl sites for hydroxylation is 1. The van der Waals surface area contributed by atoms with Crippen molar-refractivity contribution >= 4 is 0 Å². The summed E-state index contributed by atoms with van der Waals surface area (Å²) in [5.41, 5.74) is 9.45. The summed E-state index contributed by atoms with van der Waals surface area (Å²) in [6, 6.07) is 10.5. The third-order valence-corrected chi connectivity index (χ3v) is 2.66. The van der Waals surface area contributed by atoms with Gasteiger partial charge >= 0.3 is 0 Å². The number of nitrogens with two attached hydrogens (primary N) is 1. The normalized spacial score (nSPS) is 10.5. The zero-order chi connectivity index (χ0) is 10.7. The van der Waals surface area contributed by atoms with Crippen LogP contribution in [0.4, 0.5) is 0 Å². The summed E-state index contributed by atoms with van der Waals surface area (Å²) in [5, 5.41) is 0. The second-order valence-corrected chi connectivity index (χ2v) is 3.82. The van der Waals surface area contributed by atoms with E-state index in [0.717, 1.165) is 6.54 Å². The van der Waals surface area contributed by atoms with Gasteiger partial charge in [-0.15, -0.1) is 0 Å². The van der Waals surface area contributed by atoms with E-state index in [1.54, 1.807) is 0 Å². The van der Waals surface area contributed by atoms with Crippen molar-refractivity contribution in [1.29, 1.82) is 0 Å². The highest BCUT2D eigenvalue weighted by molar-refractivity contribution is 5.26. The number of hydrogen-bond acceptors (Lipinski definition) is 1. The maximum absolute atomic E-state index is 5.57. The molecule has 0 amide bonds. The Morgan fingerprint density at radius 1 is 1.20 bits per heavy atom. The first-order valence-corrected chi connectivity index (χ1v) is 5.19. The van der Waals surface area contributed by atoms with E-state index in [-0.39, 0.29) is 0 Å². The van der Waals surface area contributed by atoms with Crippen LogP contribution in [-0.4, -0.2) is 4.57 Å². The fourth-order valence-corrected chi connectivity index (χ4v) is 1.69. The van der Waals surface area contributed by atoms with Crippen LogP contribution in [0, 0.1) is 6.92 Å². The molecule has 1 aromatic heterocycles. The predicted octanol–water partition coefficient (Wildman–Crippen LogP) is 2.30. The third-order valence-electron chi connectivity index (χ3n) is 2.66. The molecule has 0 saturated heterocycles. The Hall–Kier alpha value is -1.54. The van der Waals surface area contributed by atoms with E-state index >= 15 is 0 Å². The van der Waals surface area contributed by atoms with Crippen LogP contribution in [0.25, 0.3) is 0 Å². The number of nitrogens with zero attached hydrogens (tertiary/aromatic N) is 1. The standard InChI is InChI=1S/C13H16N2/c1-11-4-2-3-5-13(11)10-15-7-6-12(8-14)9-15/h2-7,9H,8,10,14H2,1H3. The van der Waals surface area contributed by atoms with E-state index < -0.39 is 0 Å². The summed E-state index contributed by atoms with van der Waals surface area (Å²) in [6.07, 6.45) is 4.18. The molecule has 0 fully saturated rings. The van der Waals surface area contributed by atoms with Gasteiger partial charge in [0, 0.05) is 25.5 Å². The van der Waals surface area contributed by atoms with E-state index in [1.807, 2.05) is 0 Å². The van der Waals surface area contributed by atoms with Crippen LogP contribution in [0.3, 0.4) is 0 Å². The van der Waals surface area contributed by atoms with E-state index in [9.17, 15) is 0 Å². The quantitative estimate of drug-likeness (QED) is 0.809. The topological polar surface area (TPSA) is 30.9 Å². The molecular formula is C13H16N2. The Morgan fingerprint density at radius 3 is 2.67 bits per heavy atom. The van der Waals surface area contributed by atoms with Crippen LogP contribution in [-0.2, 0) is 13.1 Å². The summed E-state index contributed by atoms with van der Waals surface area (Å²) < 4.78 is 2.17. The number of rotatable bonds is 3. The molecule has 0 saturated carbocycles. The lowest BCUT2D eigenvalue weighted by molar-refractivity contribution is 0.796. The molecule has 2 rings (SSSR count). The monoisotopic (exact) mass is 200 g/mol. The van der Waals surface area contributed by atoms with Crippen LogP contribution in [0.2, 0.25) is 0 Å². The summed E-state index contributed by atoms with van der Waals surface area (Å²) in [7, 11) is 0. The molecule has 0 spiro atoms. The van der Waals surface area contributed by atoms with E-state index in [4.69, 9.17) is 5.73 Å². The van der Waals surface area contributed by atoms with E-state index in [1.165, 1.54) is 16.7 Å². The minimum atomic E-state index is 0.612. The molecule has 2 N–H and O–H groups in total. The molecule has 0 aliphatic rings. The molecule has 0 bridgehead atoms. The first-order valence-electron chi connectivity index (χ1n) is 5.19. The summed E-state index contributed by atoms with van der Waals surface area (Å²) >= 11 is 0. The van der Waals surface area contributed by atoms with Crippen LogP contribution in [0.15, 0.2) is 42.7 Å². The van der Waals surface area contributed by atoms with Crippen molar-refractivity contribution in [1.82, 2.24) is 4.57 Å². The second-order valence-electron chi connectivity index (χ2n) is 3.82. The van der Waals surface area contributed by atoms with Gasteiger partial charge < -0.3 is 10.3 Å². The first kappa shape index (κ1) is 9.99. The average molecular weight is 200 g/mol. The molecule has 0 unspecified atom stereocenters. The van der Waals surface area contributed by atoms with E-state index in [0.29, 0.717) is 6.54 Å². The molecule has 0 atom stereocenters. The molecule has 0 aliphatic carbocycles. The van der Waals surface area contributed by atoms with Crippen molar-refractivity contribution in [2.24, 2.45) is 5.73 Å². The average Bonchev–Trinajstić information content (AvgIpc) is 2.69. The number of aromatic nitrogens is 1. The highest BCUT2D eigenvalue weighted by atomic mass is 14.9. The van der Waals surface area contributed by atoms with Crippen LogP contribution in [0.5, 0.6) is 0 Å². The summed E-state index contributed by atoms with van der Waals surface area (Å²) in [4.78, 5) is 0. The van der Waals surface area contributed by atoms with Crippen molar-refractivity contribution in [3.8, 4) is 0 Å². The molecule has 2 nitrogen and oxygen atoms in total. The fourth-order valence-electron chi connectivity index (χ4n) is 1.69. The van der Waals surface area contributed by atoms with Crippen molar-refractivity contribution in [2.45, 2.75) is 20.0 Å². The Balaban J connectivity index is 2.18. The Kier molecular flexibility index (Phi) is 2.88. The van der Waals surface area contributed by atoms with Crippen molar-refractivity contribution < 1.29 is 0 Å². The molecular weight excluding hydrogens is 184 g/mol. The molecule has 2 heteroatoms. The number of benzene rings is 1. The van der Waals surface area contributed by atoms with Crippen LogP contribution >= 0.6 is 0 Å². The number of hydrogen-bond donors (Lipinski definition) is 1. The van der Waals surface area contributed by atoms with Gasteiger partial charge in [-0.2, -0.15) is 0 Å². The molecule has 0 radical (unpaired) electrons. The van der Waals surface area contributed by atoms with E-state index in [2.05, 4.69) is 54.2 Å². The van der Waals surface area contributed by atoms with Gasteiger partial charge in [-0.1, -0.05) is 24.3 Å². The summed E-state index contributed by atoms with van der Waals surface area (Å²) in [6.45, 7) is 3.68. The summed E-state index contributed by atoms with van der Waals surface area (Å²) in [5.74, 6) is 0. The van der Waals surface area contributed by atoms with Gasteiger partial charge in [0.15, 0.2) is 0 Å². The third kappa shape index (κ3) is 2.28. The van der Waals surface area contributed by atoms with Crippen molar-refractivity contribution in [2.75, 3.05) is 0 Å². The Labute approximate surface area is 90.3 Å². The predicted molar refractivity (Wildman–Crippen MR) is 62.6 cm³/mol. The molecule has 0 aliphatic heterocycles. The van der Waals surface area contributed by atoms with Gasteiger partial charge in [-0.3, -0.25) is 0 Å². The molecule has 1 heterocycles. The van der Waals surface area contributed by atoms with Crippen molar-refractivity contribution in [3.05, 3.63) is 59.4 Å². The maximum atomic E-state index is 5.57. The van der Waals surface area contributed by atoms with Crippen LogP contribution in [0.1, 0.15) is 16.7 Å². The lowest BCUT2D eigenvalue weighted by Gasteiger charge is -2.06. The molecule has 1 aromatic carbocycles.